The molecule has 0 aromatic rings. The van der Waals surface area contributed by atoms with E-state index in [9.17, 15) is 0 Å². The van der Waals surface area contributed by atoms with Gasteiger partial charge in [0.25, 0.3) is 0 Å². The van der Waals surface area contributed by atoms with Gasteiger partial charge in [-0.3, -0.25) is 24.5 Å². The second kappa shape index (κ2) is 12.2. The van der Waals surface area contributed by atoms with Crippen LogP contribution in [-0.4, -0.2) is 115 Å². The van der Waals surface area contributed by atoms with E-state index in [0.717, 1.165) is 0 Å². The van der Waals surface area contributed by atoms with Crippen molar-refractivity contribution in [2.75, 3.05) is 35.2 Å². The Hall–Kier alpha value is -0.200. The highest BCUT2D eigenvalue weighted by molar-refractivity contribution is 5.21. The van der Waals surface area contributed by atoms with Gasteiger partial charge < -0.3 is 0 Å². The van der Waals surface area contributed by atoms with Gasteiger partial charge in [0.05, 0.1) is 0 Å². The van der Waals surface area contributed by atoms with Crippen LogP contribution in [0.4, 0.5) is 0 Å². The minimum absolute atomic E-state index is 0.0935. The maximum atomic E-state index is 2.59. The van der Waals surface area contributed by atoms with Crippen LogP contribution in [-0.2, 0) is 0 Å². The molecule has 0 radical (unpaired) electrons. The zero-order chi connectivity index (χ0) is 40.4. The summed E-state index contributed by atoms with van der Waals surface area (Å²) in [5.41, 5.74) is 2.32. The predicted octanol–water partition coefficient (Wildman–Crippen LogP) is 10.5. The average molecular weight is 692 g/mol. The maximum Gasteiger partial charge on any atom is 0.0334 e. The molecule has 3 fully saturated rings. The molecule has 3 rings (SSSR count). The van der Waals surface area contributed by atoms with Crippen LogP contribution in [0.15, 0.2) is 0 Å². The molecule has 0 unspecified atom stereocenters. The van der Waals surface area contributed by atoms with Gasteiger partial charge in [0, 0.05) is 60.8 Å². The summed E-state index contributed by atoms with van der Waals surface area (Å²) in [5.74, 6) is 0. The van der Waals surface area contributed by atoms with E-state index in [-0.39, 0.29) is 60.8 Å². The minimum atomic E-state index is 0.0935. The van der Waals surface area contributed by atoms with Gasteiger partial charge in [-0.1, -0.05) is 41.5 Å². The first-order chi connectivity index (χ1) is 20.8. The van der Waals surface area contributed by atoms with Crippen molar-refractivity contribution < 1.29 is 0 Å². The lowest BCUT2D eigenvalue weighted by Crippen LogP contribution is -2.82. The van der Waals surface area contributed by atoms with Crippen LogP contribution in [0.5, 0.6) is 0 Å². The van der Waals surface area contributed by atoms with Crippen LogP contribution in [0.2, 0.25) is 0 Å². The van der Waals surface area contributed by atoms with E-state index in [1.165, 1.54) is 0 Å². The summed E-state index contributed by atoms with van der Waals surface area (Å²) in [6.45, 7) is 61.8. The largest absolute Gasteiger partial charge is 0.295 e. The first-order valence-corrected chi connectivity index (χ1v) is 19.5. The molecule has 3 saturated heterocycles. The number of nitrogens with zero attached hydrogens (tertiary/aromatic N) is 5. The molecule has 3 aliphatic rings. The van der Waals surface area contributed by atoms with E-state index in [4.69, 9.17) is 0 Å². The van der Waals surface area contributed by atoms with Crippen molar-refractivity contribution in [3.8, 4) is 0 Å². The summed E-state index contributed by atoms with van der Waals surface area (Å²) in [5, 5.41) is 0. The van der Waals surface area contributed by atoms with Crippen LogP contribution in [0.3, 0.4) is 0 Å². The van der Waals surface area contributed by atoms with E-state index < -0.39 is 0 Å². The quantitative estimate of drug-likeness (QED) is 0.251. The van der Waals surface area contributed by atoms with Gasteiger partial charge in [0.15, 0.2) is 0 Å². The predicted molar refractivity (Wildman–Crippen MR) is 221 cm³/mol. The molecular formula is C44H93N5. The van der Waals surface area contributed by atoms with E-state index in [1.807, 2.05) is 0 Å². The molecule has 5 nitrogen and oxygen atoms in total. The highest BCUT2D eigenvalue weighted by Gasteiger charge is 2.66. The van der Waals surface area contributed by atoms with Crippen molar-refractivity contribution in [1.82, 2.24) is 24.5 Å². The normalized spacial score (nSPS) is 32.9. The van der Waals surface area contributed by atoms with Gasteiger partial charge in [0.2, 0.25) is 0 Å². The molecule has 0 aliphatic carbocycles. The Balaban J connectivity index is 0.000000372. The molecule has 0 bridgehead atoms. The van der Waals surface area contributed by atoms with Gasteiger partial charge in [-0.2, -0.15) is 0 Å². The highest BCUT2D eigenvalue weighted by atomic mass is 15.4. The van der Waals surface area contributed by atoms with Crippen molar-refractivity contribution in [3.05, 3.63) is 0 Å². The Bertz CT molecular complexity index is 1070. The van der Waals surface area contributed by atoms with Crippen molar-refractivity contribution in [2.45, 2.75) is 235 Å². The van der Waals surface area contributed by atoms with E-state index in [2.05, 4.69) is 240 Å². The van der Waals surface area contributed by atoms with Crippen molar-refractivity contribution in [1.29, 1.82) is 0 Å². The van der Waals surface area contributed by atoms with E-state index in [0.29, 0.717) is 10.8 Å². The number of piperazine rings is 1. The molecule has 3 aliphatic heterocycles. The molecular weight excluding hydrogens is 599 g/mol. The number of hydrogen-bond donors (Lipinski definition) is 0. The molecule has 294 valence electrons. The van der Waals surface area contributed by atoms with Gasteiger partial charge in [-0.05, 0) is 185 Å². The molecule has 49 heavy (non-hydrogen) atoms. The Kier molecular flexibility index (Phi) is 11.6. The molecule has 0 amide bonds. The first-order valence-electron chi connectivity index (χ1n) is 19.5. The summed E-state index contributed by atoms with van der Waals surface area (Å²) in [6, 6.07) is 0. The van der Waals surface area contributed by atoms with Crippen LogP contribution in [0.1, 0.15) is 180 Å². The summed E-state index contributed by atoms with van der Waals surface area (Å²) in [7, 11) is 11.4. The number of hydrogen-bond acceptors (Lipinski definition) is 5. The van der Waals surface area contributed by atoms with Gasteiger partial charge in [-0.25, -0.2) is 0 Å². The van der Waals surface area contributed by atoms with Gasteiger partial charge >= 0.3 is 0 Å². The van der Waals surface area contributed by atoms with Crippen LogP contribution in [0.25, 0.3) is 0 Å². The fourth-order valence-corrected chi connectivity index (χ4v) is 9.91. The molecule has 0 spiro atoms. The summed E-state index contributed by atoms with van der Waals surface area (Å²) in [4.78, 5) is 12.8. The second-order valence-corrected chi connectivity index (χ2v) is 23.3. The Labute approximate surface area is 310 Å². The molecule has 0 aromatic heterocycles. The molecule has 0 saturated carbocycles. The smallest absolute Gasteiger partial charge is 0.0334 e. The second-order valence-electron chi connectivity index (χ2n) is 23.3. The average Bonchev–Trinajstić information content (AvgIpc) is 2.98. The lowest BCUT2D eigenvalue weighted by atomic mass is 9.57. The monoisotopic (exact) mass is 692 g/mol. The molecule has 5 heteroatoms. The number of likely N-dealkylation sites (tertiary alicyclic amines) is 1. The topological polar surface area (TPSA) is 16.2 Å². The molecule has 0 atom stereocenters. The van der Waals surface area contributed by atoms with Crippen molar-refractivity contribution in [2.24, 2.45) is 16.2 Å². The zero-order valence-electron chi connectivity index (χ0n) is 39.7. The van der Waals surface area contributed by atoms with Gasteiger partial charge in [0.1, 0.15) is 0 Å². The standard InChI is InChI=1S/C17H36N2.C14H30N2.C13H27N/c1-13(2)14(3,4)18(11)16(7,8)17(9,10)19(12)15(13,5)6;1-11(2)12(3,4)16(10)14(7,8)13(5,6)15(11)9;1-10(2)11(3,4)13(7,8)14(9)12(10,5)6/h1-12H3;1-10H3;1-9H3. The van der Waals surface area contributed by atoms with Crippen LogP contribution < -0.4 is 0 Å². The van der Waals surface area contributed by atoms with Crippen LogP contribution in [0, 0.1) is 16.2 Å². The fourth-order valence-electron chi connectivity index (χ4n) is 9.91. The molecule has 0 N–H and O–H groups in total. The Morgan fingerprint density at radius 2 is 0.265 bits per heavy atom. The number of likely N-dealkylation sites (N-methyl/N-ethyl adjacent to an activating group) is 4. The summed E-state index contributed by atoms with van der Waals surface area (Å²) >= 11 is 0. The third-order valence-corrected chi connectivity index (χ3v) is 20.6. The third-order valence-electron chi connectivity index (χ3n) is 20.6. The highest BCUT2D eigenvalue weighted by Crippen LogP contribution is 2.63. The Morgan fingerprint density at radius 3 is 0.388 bits per heavy atom. The lowest BCUT2D eigenvalue weighted by Gasteiger charge is -2.70. The zero-order valence-corrected chi connectivity index (χ0v) is 39.7. The number of rotatable bonds is 0. The van der Waals surface area contributed by atoms with E-state index >= 15 is 0 Å². The molecule has 0 aromatic carbocycles. The van der Waals surface area contributed by atoms with Crippen molar-refractivity contribution >= 4 is 0 Å². The Morgan fingerprint density at radius 1 is 0.163 bits per heavy atom. The summed E-state index contributed by atoms with van der Waals surface area (Å²) < 4.78 is 0. The first kappa shape index (κ1) is 46.8. The molecule has 3 heterocycles. The van der Waals surface area contributed by atoms with E-state index in [1.54, 1.807) is 0 Å². The third kappa shape index (κ3) is 5.77. The maximum absolute atomic E-state index is 2.59. The van der Waals surface area contributed by atoms with Crippen molar-refractivity contribution in [3.63, 3.8) is 0 Å². The summed E-state index contributed by atoms with van der Waals surface area (Å²) in [6.07, 6.45) is 0. The van der Waals surface area contributed by atoms with Crippen LogP contribution >= 0.6 is 0 Å². The fraction of sp³-hybridized carbons (Fsp3) is 1.00. The lowest BCUT2D eigenvalue weighted by molar-refractivity contribution is -0.191. The minimum Gasteiger partial charge on any atom is -0.295 e. The van der Waals surface area contributed by atoms with Gasteiger partial charge in [-0.15, -0.1) is 0 Å². The SMILES string of the molecule is CN1C(C)(C)C(C)(C)C(C)(C)C1(C)C.CN1C(C)(C)C(C)(C)N(C)C(C)(C)C(C)(C)C1(C)C.CN1C(C)(C)C(C)(C)N(C)C(C)(C)C1(C)C.